The van der Waals surface area contributed by atoms with E-state index in [1.54, 1.807) is 13.8 Å². The highest BCUT2D eigenvalue weighted by Gasteiger charge is 2.14. The molecular formula is C10H10ClNO3S. The van der Waals surface area contributed by atoms with Crippen LogP contribution in [0.4, 0.5) is 0 Å². The second kappa shape index (κ2) is 4.73. The number of ether oxygens (including phenoxy) is 1. The second-order valence-electron chi connectivity index (χ2n) is 3.25. The van der Waals surface area contributed by atoms with Gasteiger partial charge in [0.05, 0.1) is 4.90 Å². The first kappa shape index (κ1) is 12.8. The molecule has 0 amide bonds. The smallest absolute Gasteiger partial charge is 0.261 e. The lowest BCUT2D eigenvalue weighted by Gasteiger charge is -2.09. The Morgan fingerprint density at radius 3 is 2.56 bits per heavy atom. The Morgan fingerprint density at radius 2 is 2.12 bits per heavy atom. The topological polar surface area (TPSA) is 67.2 Å². The monoisotopic (exact) mass is 259 g/mol. The molecule has 0 fully saturated rings. The molecular weight excluding hydrogens is 250 g/mol. The minimum Gasteiger partial charge on any atom is -0.476 e. The van der Waals surface area contributed by atoms with E-state index >= 15 is 0 Å². The predicted molar refractivity (Wildman–Crippen MR) is 59.9 cm³/mol. The number of hydrogen-bond donors (Lipinski definition) is 0. The van der Waals surface area contributed by atoms with Gasteiger partial charge in [0.2, 0.25) is 0 Å². The van der Waals surface area contributed by atoms with Gasteiger partial charge in [0, 0.05) is 10.7 Å². The molecule has 0 spiro atoms. The van der Waals surface area contributed by atoms with Gasteiger partial charge in [0.15, 0.2) is 6.10 Å². The van der Waals surface area contributed by atoms with Crippen LogP contribution in [0.2, 0.25) is 0 Å². The van der Waals surface area contributed by atoms with Crippen molar-refractivity contribution in [2.24, 2.45) is 0 Å². The Kier molecular flexibility index (Phi) is 3.79. The highest BCUT2D eigenvalue weighted by atomic mass is 35.7. The molecule has 0 saturated heterocycles. The zero-order valence-corrected chi connectivity index (χ0v) is 10.3. The third-order valence-electron chi connectivity index (χ3n) is 1.90. The zero-order valence-electron chi connectivity index (χ0n) is 8.77. The van der Waals surface area contributed by atoms with Crippen molar-refractivity contribution in [3.8, 4) is 11.8 Å². The summed E-state index contributed by atoms with van der Waals surface area (Å²) in [5.41, 5.74) is 0.484. The molecule has 0 radical (unpaired) electrons. The lowest BCUT2D eigenvalue weighted by molar-refractivity contribution is 0.276. The summed E-state index contributed by atoms with van der Waals surface area (Å²) >= 11 is 0. The van der Waals surface area contributed by atoms with E-state index in [9.17, 15) is 8.42 Å². The van der Waals surface area contributed by atoms with Crippen LogP contribution in [0.25, 0.3) is 0 Å². The van der Waals surface area contributed by atoms with E-state index in [1.807, 2.05) is 6.07 Å². The van der Waals surface area contributed by atoms with Crippen LogP contribution in [0.15, 0.2) is 23.1 Å². The maximum absolute atomic E-state index is 11.1. The van der Waals surface area contributed by atoms with Crippen LogP contribution in [-0.2, 0) is 9.05 Å². The van der Waals surface area contributed by atoms with E-state index in [1.165, 1.54) is 18.2 Å². The first-order valence-electron chi connectivity index (χ1n) is 4.46. The molecule has 0 aromatic heterocycles. The molecule has 1 atom stereocenters. The lowest BCUT2D eigenvalue weighted by Crippen LogP contribution is -2.08. The maximum atomic E-state index is 11.1. The Hall–Kier alpha value is -1.25. The number of aryl methyl sites for hydroxylation is 1. The lowest BCUT2D eigenvalue weighted by atomic mass is 10.2. The van der Waals surface area contributed by atoms with Gasteiger partial charge in [-0.3, -0.25) is 0 Å². The molecule has 0 saturated carbocycles. The average Bonchev–Trinajstić information content (AvgIpc) is 2.15. The van der Waals surface area contributed by atoms with Crippen LogP contribution in [-0.4, -0.2) is 14.5 Å². The number of benzene rings is 1. The van der Waals surface area contributed by atoms with E-state index < -0.39 is 15.2 Å². The molecule has 1 rings (SSSR count). The first-order chi connectivity index (χ1) is 7.34. The molecule has 0 N–H and O–H groups in total. The van der Waals surface area contributed by atoms with Gasteiger partial charge in [-0.1, -0.05) is 0 Å². The van der Waals surface area contributed by atoms with Crippen molar-refractivity contribution in [1.29, 1.82) is 5.26 Å². The largest absolute Gasteiger partial charge is 0.476 e. The van der Waals surface area contributed by atoms with Crippen molar-refractivity contribution < 1.29 is 13.2 Å². The molecule has 0 aliphatic rings. The summed E-state index contributed by atoms with van der Waals surface area (Å²) in [6.07, 6.45) is -0.585. The van der Waals surface area contributed by atoms with Gasteiger partial charge < -0.3 is 4.74 Å². The van der Waals surface area contributed by atoms with Crippen molar-refractivity contribution in [3.05, 3.63) is 23.8 Å². The molecule has 0 heterocycles. The van der Waals surface area contributed by atoms with Crippen molar-refractivity contribution >= 4 is 19.7 Å². The molecule has 0 aliphatic carbocycles. The van der Waals surface area contributed by atoms with Gasteiger partial charge in [0.25, 0.3) is 9.05 Å². The van der Waals surface area contributed by atoms with Gasteiger partial charge in [-0.2, -0.15) is 5.26 Å². The molecule has 1 unspecified atom stereocenters. The van der Waals surface area contributed by atoms with Crippen molar-refractivity contribution in [2.75, 3.05) is 0 Å². The minimum atomic E-state index is -3.73. The number of nitriles is 1. The standard InChI is InChI=1S/C10H10ClNO3S/c1-7-5-9(15-8(2)6-12)3-4-10(7)16(11,13)14/h3-5,8H,1-2H3. The Balaban J connectivity index is 3.06. The minimum absolute atomic E-state index is 0.0473. The fourth-order valence-corrected chi connectivity index (χ4v) is 2.39. The van der Waals surface area contributed by atoms with Crippen molar-refractivity contribution in [2.45, 2.75) is 24.8 Å². The molecule has 4 nitrogen and oxygen atoms in total. The third-order valence-corrected chi connectivity index (χ3v) is 3.39. The summed E-state index contributed by atoms with van der Waals surface area (Å²) in [7, 11) is 1.50. The van der Waals surface area contributed by atoms with Gasteiger partial charge in [0.1, 0.15) is 11.8 Å². The summed E-state index contributed by atoms with van der Waals surface area (Å²) < 4.78 is 27.4. The summed E-state index contributed by atoms with van der Waals surface area (Å²) in [5, 5.41) is 8.56. The summed E-state index contributed by atoms with van der Waals surface area (Å²) in [4.78, 5) is 0.0473. The van der Waals surface area contributed by atoms with E-state index in [0.29, 0.717) is 11.3 Å². The SMILES string of the molecule is Cc1cc(OC(C)C#N)ccc1S(=O)(=O)Cl. The van der Waals surface area contributed by atoms with Gasteiger partial charge in [-0.05, 0) is 37.6 Å². The van der Waals surface area contributed by atoms with E-state index in [-0.39, 0.29) is 4.90 Å². The summed E-state index contributed by atoms with van der Waals surface area (Å²) in [6, 6.07) is 6.27. The van der Waals surface area contributed by atoms with Crippen LogP contribution >= 0.6 is 10.7 Å². The summed E-state index contributed by atoms with van der Waals surface area (Å²) in [5.74, 6) is 0.440. The fraction of sp³-hybridized carbons (Fsp3) is 0.300. The van der Waals surface area contributed by atoms with Crippen LogP contribution in [0, 0.1) is 18.3 Å². The van der Waals surface area contributed by atoms with Gasteiger partial charge in [-0.15, -0.1) is 0 Å². The quantitative estimate of drug-likeness (QED) is 0.781. The molecule has 0 aliphatic heterocycles. The Bertz CT molecular complexity index is 533. The van der Waals surface area contributed by atoms with E-state index in [4.69, 9.17) is 20.7 Å². The highest BCUT2D eigenvalue weighted by Crippen LogP contribution is 2.24. The second-order valence-corrected chi connectivity index (χ2v) is 5.79. The van der Waals surface area contributed by atoms with Crippen molar-refractivity contribution in [1.82, 2.24) is 0 Å². The number of halogens is 1. The highest BCUT2D eigenvalue weighted by molar-refractivity contribution is 8.13. The Labute approximate surface area is 98.8 Å². The molecule has 6 heteroatoms. The number of nitrogens with zero attached hydrogens (tertiary/aromatic N) is 1. The maximum Gasteiger partial charge on any atom is 0.261 e. The van der Waals surface area contributed by atoms with E-state index in [2.05, 4.69) is 0 Å². The molecule has 1 aromatic carbocycles. The molecule has 1 aromatic rings. The van der Waals surface area contributed by atoms with Crippen LogP contribution in [0.5, 0.6) is 5.75 Å². The third kappa shape index (κ3) is 3.12. The number of rotatable bonds is 3. The predicted octanol–water partition coefficient (Wildman–Crippen LogP) is 2.21. The molecule has 86 valence electrons. The molecule has 0 bridgehead atoms. The normalized spacial score (nSPS) is 12.9. The molecule has 16 heavy (non-hydrogen) atoms. The van der Waals surface area contributed by atoms with Crippen molar-refractivity contribution in [3.63, 3.8) is 0 Å². The van der Waals surface area contributed by atoms with Crippen LogP contribution in [0.3, 0.4) is 0 Å². The van der Waals surface area contributed by atoms with Gasteiger partial charge in [-0.25, -0.2) is 8.42 Å². The average molecular weight is 260 g/mol. The van der Waals surface area contributed by atoms with Crippen LogP contribution < -0.4 is 4.74 Å². The zero-order chi connectivity index (χ0) is 12.3. The first-order valence-corrected chi connectivity index (χ1v) is 6.77. The van der Waals surface area contributed by atoms with E-state index in [0.717, 1.165) is 0 Å². The number of hydrogen-bond acceptors (Lipinski definition) is 4. The summed E-state index contributed by atoms with van der Waals surface area (Å²) in [6.45, 7) is 3.21. The fourth-order valence-electron chi connectivity index (χ4n) is 1.20. The Morgan fingerprint density at radius 1 is 1.50 bits per heavy atom. The van der Waals surface area contributed by atoms with Crippen LogP contribution in [0.1, 0.15) is 12.5 Å². The van der Waals surface area contributed by atoms with Gasteiger partial charge >= 0.3 is 0 Å².